The molecule has 1 aliphatic heterocycles. The Balaban J connectivity index is 1.41. The van der Waals surface area contributed by atoms with Crippen molar-refractivity contribution in [1.29, 1.82) is 0 Å². The van der Waals surface area contributed by atoms with Gasteiger partial charge in [-0.1, -0.05) is 30.3 Å². The van der Waals surface area contributed by atoms with Crippen LogP contribution in [-0.2, 0) is 29.7 Å². The Hall–Kier alpha value is -2.31. The van der Waals surface area contributed by atoms with Gasteiger partial charge in [0, 0.05) is 38.6 Å². The first-order valence-corrected chi connectivity index (χ1v) is 8.60. The van der Waals surface area contributed by atoms with Gasteiger partial charge in [-0.05, 0) is 17.7 Å². The molecule has 6 nitrogen and oxygen atoms in total. The molecule has 2 heterocycles. The first-order chi connectivity index (χ1) is 12.2. The number of hydrogen-bond donors (Lipinski definition) is 1. The van der Waals surface area contributed by atoms with Crippen LogP contribution in [0, 0.1) is 0 Å². The highest BCUT2D eigenvalue weighted by Gasteiger charge is 2.25. The molecular weight excluding hydrogens is 318 g/mol. The van der Waals surface area contributed by atoms with Crippen molar-refractivity contribution < 1.29 is 14.3 Å². The topological polar surface area (TPSA) is 55.7 Å². The van der Waals surface area contributed by atoms with Crippen LogP contribution in [0.5, 0.6) is 0 Å². The molecule has 6 heteroatoms. The second-order valence-corrected chi connectivity index (χ2v) is 6.22. The van der Waals surface area contributed by atoms with E-state index in [1.165, 1.54) is 5.69 Å². The number of nitrogens with one attached hydrogen (secondary N) is 1. The number of nitrogens with zero attached hydrogens (tertiary/aromatic N) is 2. The zero-order valence-electron chi connectivity index (χ0n) is 14.6. The SMILES string of the molecule is Cn1cccc1CNCC1CN(C(=O)OCc2ccccc2)CCO1. The van der Waals surface area contributed by atoms with Crippen LogP contribution in [0.4, 0.5) is 4.79 Å². The smallest absolute Gasteiger partial charge is 0.410 e. The van der Waals surface area contributed by atoms with Crippen LogP contribution in [-0.4, -0.2) is 47.9 Å². The summed E-state index contributed by atoms with van der Waals surface area (Å²) in [6.45, 7) is 3.44. The Kier molecular flexibility index (Phi) is 6.09. The number of ether oxygens (including phenoxy) is 2. The number of aryl methyl sites for hydroxylation is 1. The van der Waals surface area contributed by atoms with E-state index < -0.39 is 0 Å². The molecular formula is C19H25N3O3. The summed E-state index contributed by atoms with van der Waals surface area (Å²) in [4.78, 5) is 14.0. The molecule has 0 aliphatic carbocycles. The Labute approximate surface area is 148 Å². The number of morpholine rings is 1. The maximum Gasteiger partial charge on any atom is 0.410 e. The average Bonchev–Trinajstić information content (AvgIpc) is 3.06. The number of carbonyl (C=O) groups excluding carboxylic acids is 1. The van der Waals surface area contributed by atoms with Gasteiger partial charge in [0.15, 0.2) is 0 Å². The van der Waals surface area contributed by atoms with Gasteiger partial charge in [-0.15, -0.1) is 0 Å². The molecule has 1 amide bonds. The van der Waals surface area contributed by atoms with Crippen molar-refractivity contribution >= 4 is 6.09 Å². The van der Waals surface area contributed by atoms with E-state index in [0.717, 1.165) is 12.1 Å². The number of amides is 1. The Morgan fingerprint density at radius 2 is 2.12 bits per heavy atom. The zero-order chi connectivity index (χ0) is 17.5. The van der Waals surface area contributed by atoms with Crippen molar-refractivity contribution in [1.82, 2.24) is 14.8 Å². The molecule has 1 fully saturated rings. The number of benzene rings is 1. The van der Waals surface area contributed by atoms with Crippen LogP contribution >= 0.6 is 0 Å². The summed E-state index contributed by atoms with van der Waals surface area (Å²) in [5, 5.41) is 3.39. The fourth-order valence-corrected chi connectivity index (χ4v) is 2.86. The van der Waals surface area contributed by atoms with E-state index in [1.807, 2.05) is 49.6 Å². The summed E-state index contributed by atoms with van der Waals surface area (Å²) in [6, 6.07) is 13.8. The third kappa shape index (κ3) is 5.08. The molecule has 1 saturated heterocycles. The number of carbonyl (C=O) groups is 1. The maximum absolute atomic E-state index is 12.2. The summed E-state index contributed by atoms with van der Waals surface area (Å²) in [6.07, 6.45) is 1.73. The van der Waals surface area contributed by atoms with E-state index in [9.17, 15) is 4.79 Å². The maximum atomic E-state index is 12.2. The highest BCUT2D eigenvalue weighted by molar-refractivity contribution is 5.67. The van der Waals surface area contributed by atoms with E-state index >= 15 is 0 Å². The monoisotopic (exact) mass is 343 g/mol. The summed E-state index contributed by atoms with van der Waals surface area (Å²) < 4.78 is 13.2. The standard InChI is InChI=1S/C19H25N3O3/c1-21-9-5-8-17(21)12-20-13-18-14-22(10-11-24-18)19(23)25-15-16-6-3-2-4-7-16/h2-9,18,20H,10-15H2,1H3. The van der Waals surface area contributed by atoms with E-state index in [4.69, 9.17) is 9.47 Å². The van der Waals surface area contributed by atoms with Crippen LogP contribution in [0.3, 0.4) is 0 Å². The lowest BCUT2D eigenvalue weighted by Crippen LogP contribution is -2.49. The highest BCUT2D eigenvalue weighted by Crippen LogP contribution is 2.09. The summed E-state index contributed by atoms with van der Waals surface area (Å²) in [7, 11) is 2.03. The van der Waals surface area contributed by atoms with Gasteiger partial charge >= 0.3 is 6.09 Å². The lowest BCUT2D eigenvalue weighted by Gasteiger charge is -2.32. The lowest BCUT2D eigenvalue weighted by atomic mass is 10.2. The van der Waals surface area contributed by atoms with Gasteiger partial charge in [-0.3, -0.25) is 0 Å². The largest absolute Gasteiger partial charge is 0.445 e. The van der Waals surface area contributed by atoms with E-state index in [-0.39, 0.29) is 12.2 Å². The fraction of sp³-hybridized carbons (Fsp3) is 0.421. The van der Waals surface area contributed by atoms with Crippen LogP contribution < -0.4 is 5.32 Å². The Morgan fingerprint density at radius 1 is 1.28 bits per heavy atom. The van der Waals surface area contributed by atoms with Gasteiger partial charge in [-0.25, -0.2) is 4.79 Å². The quantitative estimate of drug-likeness (QED) is 0.873. The van der Waals surface area contributed by atoms with Crippen molar-refractivity contribution in [3.8, 4) is 0 Å². The van der Waals surface area contributed by atoms with E-state index in [2.05, 4.69) is 16.0 Å². The molecule has 0 radical (unpaired) electrons. The normalized spacial score (nSPS) is 17.5. The van der Waals surface area contributed by atoms with Gasteiger partial charge in [0.25, 0.3) is 0 Å². The Morgan fingerprint density at radius 3 is 2.88 bits per heavy atom. The molecule has 1 aromatic heterocycles. The van der Waals surface area contributed by atoms with Crippen LogP contribution in [0.25, 0.3) is 0 Å². The predicted molar refractivity (Wildman–Crippen MR) is 95.1 cm³/mol. The molecule has 1 aliphatic rings. The minimum Gasteiger partial charge on any atom is -0.445 e. The zero-order valence-corrected chi connectivity index (χ0v) is 14.6. The van der Waals surface area contributed by atoms with Gasteiger partial charge in [0.2, 0.25) is 0 Å². The first kappa shape index (κ1) is 17.5. The van der Waals surface area contributed by atoms with E-state index in [0.29, 0.717) is 32.8 Å². The molecule has 1 aromatic carbocycles. The average molecular weight is 343 g/mol. The molecule has 1 atom stereocenters. The second kappa shape index (κ2) is 8.69. The van der Waals surface area contributed by atoms with Gasteiger partial charge < -0.3 is 24.3 Å². The van der Waals surface area contributed by atoms with Crippen molar-refractivity contribution in [3.63, 3.8) is 0 Å². The second-order valence-electron chi connectivity index (χ2n) is 6.22. The molecule has 0 bridgehead atoms. The minimum atomic E-state index is -0.278. The van der Waals surface area contributed by atoms with Crippen LogP contribution in [0.15, 0.2) is 48.7 Å². The molecule has 2 aromatic rings. The first-order valence-electron chi connectivity index (χ1n) is 8.60. The number of rotatable bonds is 6. The molecule has 0 spiro atoms. The predicted octanol–water partition coefficient (Wildman–Crippen LogP) is 2.15. The highest BCUT2D eigenvalue weighted by atomic mass is 16.6. The van der Waals surface area contributed by atoms with Crippen LogP contribution in [0.2, 0.25) is 0 Å². The summed E-state index contributed by atoms with van der Waals surface area (Å²) >= 11 is 0. The molecule has 25 heavy (non-hydrogen) atoms. The van der Waals surface area contributed by atoms with Gasteiger partial charge in [0.1, 0.15) is 6.61 Å². The Bertz CT molecular complexity index is 672. The van der Waals surface area contributed by atoms with Crippen molar-refractivity contribution in [2.45, 2.75) is 19.3 Å². The summed E-state index contributed by atoms with van der Waals surface area (Å²) in [5.41, 5.74) is 2.21. The molecule has 0 saturated carbocycles. The van der Waals surface area contributed by atoms with Crippen LogP contribution in [0.1, 0.15) is 11.3 Å². The van der Waals surface area contributed by atoms with Gasteiger partial charge in [0.05, 0.1) is 19.3 Å². The minimum absolute atomic E-state index is 0.0155. The number of aromatic nitrogens is 1. The molecule has 134 valence electrons. The third-order valence-electron chi connectivity index (χ3n) is 4.33. The molecule has 3 rings (SSSR count). The molecule has 1 N–H and O–H groups in total. The van der Waals surface area contributed by atoms with Crippen molar-refractivity contribution in [3.05, 3.63) is 59.9 Å². The van der Waals surface area contributed by atoms with Crippen molar-refractivity contribution in [2.24, 2.45) is 7.05 Å². The van der Waals surface area contributed by atoms with Crippen molar-refractivity contribution in [2.75, 3.05) is 26.2 Å². The molecule has 1 unspecified atom stereocenters. The summed E-state index contributed by atoms with van der Waals surface area (Å²) in [5.74, 6) is 0. The number of hydrogen-bond acceptors (Lipinski definition) is 4. The van der Waals surface area contributed by atoms with E-state index in [1.54, 1.807) is 4.90 Å². The fourth-order valence-electron chi connectivity index (χ4n) is 2.86. The lowest BCUT2D eigenvalue weighted by molar-refractivity contribution is -0.0271. The third-order valence-corrected chi connectivity index (χ3v) is 4.33. The van der Waals surface area contributed by atoms with Gasteiger partial charge in [-0.2, -0.15) is 0 Å².